The number of morpholine rings is 1. The number of rotatable bonds is 4. The summed E-state index contributed by atoms with van der Waals surface area (Å²) in [6, 6.07) is 5.38. The quantitative estimate of drug-likeness (QED) is 0.839. The first-order chi connectivity index (χ1) is 11.2. The van der Waals surface area contributed by atoms with E-state index in [9.17, 15) is 4.79 Å². The van der Waals surface area contributed by atoms with Crippen molar-refractivity contribution in [1.82, 2.24) is 25.1 Å². The molecule has 0 radical (unpaired) electrons. The molecule has 1 aliphatic heterocycles. The zero-order valence-electron chi connectivity index (χ0n) is 13.1. The minimum Gasteiger partial charge on any atom is -0.375 e. The molecule has 2 aromatic heterocycles. The number of carbonyl (C=O) groups excluding carboxylic acids is 1. The molecule has 0 aromatic carbocycles. The molecule has 7 heteroatoms. The van der Waals surface area contributed by atoms with Crippen molar-refractivity contribution in [1.29, 1.82) is 0 Å². The van der Waals surface area contributed by atoms with Crippen molar-refractivity contribution in [3.63, 3.8) is 0 Å². The topological polar surface area (TPSA) is 81.1 Å². The van der Waals surface area contributed by atoms with Gasteiger partial charge < -0.3 is 9.64 Å². The van der Waals surface area contributed by atoms with Crippen LogP contribution >= 0.6 is 0 Å². The van der Waals surface area contributed by atoms with E-state index in [0.29, 0.717) is 25.4 Å². The molecule has 7 nitrogen and oxygen atoms in total. The van der Waals surface area contributed by atoms with Crippen LogP contribution in [0.15, 0.2) is 30.7 Å². The van der Waals surface area contributed by atoms with Gasteiger partial charge in [-0.05, 0) is 38.0 Å². The van der Waals surface area contributed by atoms with Gasteiger partial charge in [-0.25, -0.2) is 9.97 Å². The number of hydrogen-bond acceptors (Lipinski definition) is 6. The predicted molar refractivity (Wildman–Crippen MR) is 82.8 cm³/mol. The maximum atomic E-state index is 12.4. The Labute approximate surface area is 134 Å². The van der Waals surface area contributed by atoms with Crippen LogP contribution in [-0.4, -0.2) is 56.8 Å². The number of aromatic nitrogens is 4. The zero-order chi connectivity index (χ0) is 16.1. The van der Waals surface area contributed by atoms with E-state index in [4.69, 9.17) is 4.74 Å². The van der Waals surface area contributed by atoms with Crippen molar-refractivity contribution in [2.45, 2.75) is 25.9 Å². The summed E-state index contributed by atoms with van der Waals surface area (Å²) in [5, 5.41) is 7.64. The van der Waals surface area contributed by atoms with Crippen LogP contribution in [0.4, 0.5) is 0 Å². The second-order valence-electron chi connectivity index (χ2n) is 5.54. The first kappa shape index (κ1) is 15.5. The molecule has 1 saturated heterocycles. The van der Waals surface area contributed by atoms with E-state index in [1.54, 1.807) is 29.6 Å². The summed E-state index contributed by atoms with van der Waals surface area (Å²) in [5.74, 6) is -0.0933. The highest BCUT2D eigenvalue weighted by molar-refractivity contribution is 5.92. The van der Waals surface area contributed by atoms with Gasteiger partial charge in [0, 0.05) is 30.7 Å². The molecule has 23 heavy (non-hydrogen) atoms. The number of hydrogen-bond donors (Lipinski definition) is 0. The number of nitrogens with zero attached hydrogens (tertiary/aromatic N) is 5. The molecule has 1 atom stereocenters. The molecule has 0 unspecified atom stereocenters. The van der Waals surface area contributed by atoms with Crippen molar-refractivity contribution < 1.29 is 9.53 Å². The van der Waals surface area contributed by atoms with Crippen molar-refractivity contribution in [2.75, 3.05) is 19.7 Å². The summed E-state index contributed by atoms with van der Waals surface area (Å²) < 4.78 is 5.77. The van der Waals surface area contributed by atoms with Gasteiger partial charge in [0.25, 0.3) is 5.91 Å². The summed E-state index contributed by atoms with van der Waals surface area (Å²) in [6.07, 6.45) is 4.78. The lowest BCUT2D eigenvalue weighted by atomic mass is 10.1. The fraction of sp³-hybridized carbons (Fsp3) is 0.438. The van der Waals surface area contributed by atoms with Crippen LogP contribution in [0.1, 0.15) is 28.3 Å². The molecule has 1 amide bonds. The van der Waals surface area contributed by atoms with Gasteiger partial charge in [0.1, 0.15) is 6.33 Å². The van der Waals surface area contributed by atoms with Gasteiger partial charge in [-0.2, -0.15) is 5.10 Å². The molecule has 3 rings (SSSR count). The zero-order valence-corrected chi connectivity index (χ0v) is 13.1. The molecule has 3 heterocycles. The van der Waals surface area contributed by atoms with Crippen molar-refractivity contribution in [3.05, 3.63) is 47.8 Å². The Morgan fingerprint density at radius 2 is 2.35 bits per heavy atom. The fourth-order valence-corrected chi connectivity index (χ4v) is 2.61. The lowest BCUT2D eigenvalue weighted by molar-refractivity contribution is -0.0249. The highest BCUT2D eigenvalue weighted by Gasteiger charge is 2.25. The summed E-state index contributed by atoms with van der Waals surface area (Å²) in [7, 11) is 0. The number of amides is 1. The summed E-state index contributed by atoms with van der Waals surface area (Å²) in [4.78, 5) is 22.5. The van der Waals surface area contributed by atoms with Crippen LogP contribution in [0.25, 0.3) is 0 Å². The Morgan fingerprint density at radius 1 is 1.43 bits per heavy atom. The maximum absolute atomic E-state index is 12.4. The monoisotopic (exact) mass is 313 g/mol. The average molecular weight is 313 g/mol. The minimum absolute atomic E-state index is 0.0136. The standard InChI is InChI=1S/C16H19N5O2/c1-12-9-13(18-11-17-12)4-5-14-10-21(7-8-23-14)16(22)15-3-2-6-19-20-15/h2-3,6,9,11,14H,4-5,7-8,10H2,1H3/t14-/m1/s1. The third kappa shape index (κ3) is 4.07. The van der Waals surface area contributed by atoms with E-state index in [1.807, 2.05) is 13.0 Å². The molecule has 0 spiro atoms. The number of ether oxygens (including phenoxy) is 1. The normalized spacial score (nSPS) is 18.0. The Morgan fingerprint density at radius 3 is 3.13 bits per heavy atom. The molecule has 1 aliphatic rings. The van der Waals surface area contributed by atoms with Crippen molar-refractivity contribution in [3.8, 4) is 0 Å². The SMILES string of the molecule is Cc1cc(CC[C@@H]2CN(C(=O)c3cccnn3)CCO2)ncn1. The Balaban J connectivity index is 1.57. The van der Waals surface area contributed by atoms with Crippen LogP contribution in [0, 0.1) is 6.92 Å². The lowest BCUT2D eigenvalue weighted by Gasteiger charge is -2.32. The van der Waals surface area contributed by atoms with Crippen LogP contribution in [-0.2, 0) is 11.2 Å². The third-order valence-electron chi connectivity index (χ3n) is 3.80. The highest BCUT2D eigenvalue weighted by atomic mass is 16.5. The van der Waals surface area contributed by atoms with E-state index in [-0.39, 0.29) is 12.0 Å². The van der Waals surface area contributed by atoms with Gasteiger partial charge in [0.2, 0.25) is 0 Å². The molecule has 0 aliphatic carbocycles. The molecule has 0 bridgehead atoms. The van der Waals surface area contributed by atoms with E-state index in [0.717, 1.165) is 24.2 Å². The van der Waals surface area contributed by atoms with Crippen molar-refractivity contribution >= 4 is 5.91 Å². The van der Waals surface area contributed by atoms with Crippen LogP contribution in [0.2, 0.25) is 0 Å². The number of aryl methyl sites for hydroxylation is 2. The van der Waals surface area contributed by atoms with Gasteiger partial charge in [0.15, 0.2) is 5.69 Å². The Hall–Kier alpha value is -2.41. The van der Waals surface area contributed by atoms with E-state index >= 15 is 0 Å². The molecule has 2 aromatic rings. The first-order valence-corrected chi connectivity index (χ1v) is 7.68. The largest absolute Gasteiger partial charge is 0.375 e. The molecule has 0 N–H and O–H groups in total. The summed E-state index contributed by atoms with van der Waals surface area (Å²) >= 11 is 0. The Kier molecular flexibility index (Phi) is 4.87. The number of carbonyl (C=O) groups is 1. The van der Waals surface area contributed by atoms with E-state index in [1.165, 1.54) is 0 Å². The second-order valence-corrected chi connectivity index (χ2v) is 5.54. The first-order valence-electron chi connectivity index (χ1n) is 7.68. The third-order valence-corrected chi connectivity index (χ3v) is 3.80. The summed E-state index contributed by atoms with van der Waals surface area (Å²) in [5.41, 5.74) is 2.33. The van der Waals surface area contributed by atoms with Crippen LogP contribution in [0.3, 0.4) is 0 Å². The molecule has 1 fully saturated rings. The smallest absolute Gasteiger partial charge is 0.274 e. The molecular formula is C16H19N5O2. The highest BCUT2D eigenvalue weighted by Crippen LogP contribution is 2.13. The van der Waals surface area contributed by atoms with Crippen molar-refractivity contribution in [2.24, 2.45) is 0 Å². The fourth-order valence-electron chi connectivity index (χ4n) is 2.61. The maximum Gasteiger partial charge on any atom is 0.274 e. The molecule has 120 valence electrons. The van der Waals surface area contributed by atoms with Gasteiger partial charge in [0.05, 0.1) is 12.7 Å². The molecular weight excluding hydrogens is 294 g/mol. The lowest BCUT2D eigenvalue weighted by Crippen LogP contribution is -2.46. The van der Waals surface area contributed by atoms with Gasteiger partial charge >= 0.3 is 0 Å². The van der Waals surface area contributed by atoms with Crippen LogP contribution in [0.5, 0.6) is 0 Å². The van der Waals surface area contributed by atoms with Crippen LogP contribution < -0.4 is 0 Å². The average Bonchev–Trinajstić information content (AvgIpc) is 2.60. The Bertz CT molecular complexity index is 665. The van der Waals surface area contributed by atoms with E-state index < -0.39 is 0 Å². The van der Waals surface area contributed by atoms with Gasteiger partial charge in [-0.15, -0.1) is 5.10 Å². The van der Waals surface area contributed by atoms with E-state index in [2.05, 4.69) is 20.2 Å². The summed E-state index contributed by atoms with van der Waals surface area (Å²) in [6.45, 7) is 3.64. The minimum atomic E-state index is -0.0933. The van der Waals surface area contributed by atoms with Gasteiger partial charge in [-0.3, -0.25) is 4.79 Å². The second kappa shape index (κ2) is 7.23. The van der Waals surface area contributed by atoms with Gasteiger partial charge in [-0.1, -0.05) is 0 Å². The molecule has 0 saturated carbocycles. The predicted octanol–water partition coefficient (Wildman–Crippen LogP) is 1.05.